The van der Waals surface area contributed by atoms with Gasteiger partial charge in [-0.05, 0) is 18.2 Å². The molecule has 6 heterocycles. The molecule has 4 bridgehead atoms. The highest BCUT2D eigenvalue weighted by molar-refractivity contribution is 6.13. The summed E-state index contributed by atoms with van der Waals surface area (Å²) < 4.78 is 1.66. The third-order valence-corrected chi connectivity index (χ3v) is 5.71. The van der Waals surface area contributed by atoms with E-state index >= 15 is 0 Å². The number of anilines is 1. The van der Waals surface area contributed by atoms with Crippen LogP contribution < -0.4 is 10.3 Å². The lowest BCUT2D eigenvalue weighted by Gasteiger charge is -2.23. The number of amides is 3. The molecule has 5 aromatic rings. The maximum Gasteiger partial charge on any atom is 0.321 e. The molecule has 0 saturated heterocycles. The van der Waals surface area contributed by atoms with Gasteiger partial charge in [-0.3, -0.25) is 14.9 Å². The molecule has 34 heavy (non-hydrogen) atoms. The minimum atomic E-state index is -0.249. The van der Waals surface area contributed by atoms with Crippen molar-refractivity contribution in [3.05, 3.63) is 48.5 Å². The molecule has 0 unspecified atom stereocenters. The van der Waals surface area contributed by atoms with E-state index in [0.717, 1.165) is 16.5 Å². The number of fused-ring (bicyclic) bond motifs is 1. The van der Waals surface area contributed by atoms with Crippen molar-refractivity contribution in [2.75, 3.05) is 31.5 Å². The molecule has 2 N–H and O–H groups in total. The number of aromatic nitrogens is 7. The highest BCUT2D eigenvalue weighted by atomic mass is 16.2. The quantitative estimate of drug-likeness (QED) is 0.426. The normalized spacial score (nSPS) is 12.7. The van der Waals surface area contributed by atoms with Crippen LogP contribution in [0.2, 0.25) is 0 Å². The first kappa shape index (κ1) is 19.8. The summed E-state index contributed by atoms with van der Waals surface area (Å²) in [5, 5.41) is 12.4. The van der Waals surface area contributed by atoms with E-state index in [1.165, 1.54) is 9.91 Å². The number of carbonyl (C=O) groups excluding carboxylic acids is 2. The van der Waals surface area contributed by atoms with Crippen LogP contribution in [0.4, 0.5) is 10.5 Å². The Morgan fingerprint density at radius 1 is 1.12 bits per heavy atom. The van der Waals surface area contributed by atoms with Crippen LogP contribution in [0.15, 0.2) is 43.0 Å². The molecule has 0 spiro atoms. The molecule has 0 aliphatic carbocycles. The van der Waals surface area contributed by atoms with Gasteiger partial charge in [-0.25, -0.2) is 29.4 Å². The third-order valence-electron chi connectivity index (χ3n) is 5.71. The van der Waals surface area contributed by atoms with Crippen LogP contribution >= 0.6 is 0 Å². The number of hydrogen-bond donors (Lipinski definition) is 2. The van der Waals surface area contributed by atoms with E-state index in [4.69, 9.17) is 4.98 Å². The number of pyridine rings is 3. The monoisotopic (exact) mass is 454 g/mol. The minimum absolute atomic E-state index is 0.162. The van der Waals surface area contributed by atoms with Crippen LogP contribution in [-0.2, 0) is 0 Å². The zero-order chi connectivity index (χ0) is 23.6. The lowest BCUT2D eigenvalue weighted by molar-refractivity contribution is 0.0968. The molecular formula is C22H18N10O2. The average molecular weight is 454 g/mol. The van der Waals surface area contributed by atoms with Gasteiger partial charge in [0.05, 0.1) is 22.8 Å². The van der Waals surface area contributed by atoms with Crippen LogP contribution in [0.25, 0.3) is 44.8 Å². The Bertz CT molecular complexity index is 1630. The molecule has 1 aliphatic heterocycles. The van der Waals surface area contributed by atoms with Crippen molar-refractivity contribution in [3.63, 3.8) is 0 Å². The number of nitrogens with one attached hydrogen (secondary N) is 2. The number of aromatic amines is 1. The van der Waals surface area contributed by atoms with Crippen molar-refractivity contribution in [1.82, 2.24) is 39.7 Å². The van der Waals surface area contributed by atoms with Gasteiger partial charge in [0.1, 0.15) is 11.2 Å². The first-order valence-electron chi connectivity index (χ1n) is 10.4. The van der Waals surface area contributed by atoms with E-state index in [0.29, 0.717) is 39.6 Å². The molecule has 1 aliphatic rings. The Hall–Kier alpha value is -4.87. The highest BCUT2D eigenvalue weighted by Crippen LogP contribution is 2.33. The van der Waals surface area contributed by atoms with Crippen molar-refractivity contribution < 1.29 is 9.59 Å². The Kier molecular flexibility index (Phi) is 4.11. The summed E-state index contributed by atoms with van der Waals surface area (Å²) >= 11 is 0. The maximum absolute atomic E-state index is 12.7. The van der Waals surface area contributed by atoms with Gasteiger partial charge < -0.3 is 10.2 Å². The molecule has 5 aromatic heterocycles. The first-order valence-corrected chi connectivity index (χ1v) is 10.4. The highest BCUT2D eigenvalue weighted by Gasteiger charge is 2.32. The van der Waals surface area contributed by atoms with Crippen molar-refractivity contribution in [2.45, 2.75) is 0 Å². The number of carbonyl (C=O) groups is 2. The molecule has 0 saturated carbocycles. The second kappa shape index (κ2) is 7.07. The summed E-state index contributed by atoms with van der Waals surface area (Å²) in [6.45, 7) is 0. The number of nitrogens with zero attached hydrogens (tertiary/aromatic N) is 8. The van der Waals surface area contributed by atoms with Crippen molar-refractivity contribution >= 4 is 39.8 Å². The fourth-order valence-corrected chi connectivity index (χ4v) is 3.97. The van der Waals surface area contributed by atoms with Gasteiger partial charge >= 0.3 is 6.03 Å². The standard InChI is InChI=1S/C22H18N10O2/c1-30(2)22(34)26-13-6-11(8-23-10-13)12-7-15-17(28-29-18(15)25-9-12)20-27-16-14-4-5-24-19(16)32(20)31(3)21(14)33/h4-10H,1-3H3,(H,26,34)(H,25,28,29). The van der Waals surface area contributed by atoms with E-state index in [2.05, 4.69) is 30.5 Å². The fourth-order valence-electron chi connectivity index (χ4n) is 3.97. The van der Waals surface area contributed by atoms with E-state index in [9.17, 15) is 9.59 Å². The van der Waals surface area contributed by atoms with Crippen LogP contribution in [-0.4, -0.2) is 72.8 Å². The van der Waals surface area contributed by atoms with Crippen LogP contribution in [0.5, 0.6) is 0 Å². The Morgan fingerprint density at radius 3 is 2.76 bits per heavy atom. The van der Waals surface area contributed by atoms with Crippen LogP contribution in [0, 0.1) is 0 Å². The van der Waals surface area contributed by atoms with Gasteiger partial charge in [-0.15, -0.1) is 0 Å². The van der Waals surface area contributed by atoms with Gasteiger partial charge in [0, 0.05) is 50.9 Å². The molecule has 0 fully saturated rings. The maximum atomic E-state index is 12.7. The summed E-state index contributed by atoms with van der Waals surface area (Å²) in [4.78, 5) is 44.0. The molecular weight excluding hydrogens is 436 g/mol. The summed E-state index contributed by atoms with van der Waals surface area (Å²) in [5.74, 6) is 0.323. The third kappa shape index (κ3) is 2.81. The van der Waals surface area contributed by atoms with E-state index in [-0.39, 0.29) is 11.9 Å². The fraction of sp³-hybridized carbons (Fsp3) is 0.136. The van der Waals surface area contributed by atoms with Gasteiger partial charge in [-0.2, -0.15) is 5.10 Å². The second-order valence-corrected chi connectivity index (χ2v) is 8.09. The van der Waals surface area contributed by atoms with Crippen LogP contribution in [0.3, 0.4) is 0 Å². The molecule has 0 radical (unpaired) electrons. The van der Waals surface area contributed by atoms with Gasteiger partial charge in [-0.1, -0.05) is 0 Å². The Labute approximate surface area is 192 Å². The minimum Gasteiger partial charge on any atom is -0.331 e. The number of rotatable bonds is 3. The van der Waals surface area contributed by atoms with E-state index in [1.807, 2.05) is 12.1 Å². The smallest absolute Gasteiger partial charge is 0.321 e. The molecule has 6 rings (SSSR count). The van der Waals surface area contributed by atoms with Gasteiger partial charge in [0.2, 0.25) is 0 Å². The molecule has 168 valence electrons. The summed E-state index contributed by atoms with van der Waals surface area (Å²) in [6.07, 6.45) is 6.58. The van der Waals surface area contributed by atoms with Crippen molar-refractivity contribution in [1.29, 1.82) is 0 Å². The SMILES string of the molecule is CN(C)C(=O)Nc1cncc(-c2cnc3[nH]nc(-c4nc5c6ccnc5n4N(C)C6=O)c3c2)c1. The number of imidazole rings is 1. The Balaban J connectivity index is 1.47. The van der Waals surface area contributed by atoms with Crippen molar-refractivity contribution in [2.24, 2.45) is 0 Å². The molecule has 0 aromatic carbocycles. The average Bonchev–Trinajstić information content (AvgIpc) is 3.40. The second-order valence-electron chi connectivity index (χ2n) is 8.09. The van der Waals surface area contributed by atoms with Gasteiger partial charge in [0.15, 0.2) is 17.1 Å². The summed E-state index contributed by atoms with van der Waals surface area (Å²) in [6, 6.07) is 5.16. The molecule has 12 heteroatoms. The number of H-pyrrole nitrogens is 1. The predicted molar refractivity (Wildman–Crippen MR) is 125 cm³/mol. The molecule has 3 amide bonds. The zero-order valence-corrected chi connectivity index (χ0v) is 18.4. The first-order chi connectivity index (χ1) is 16.4. The lowest BCUT2D eigenvalue weighted by atomic mass is 10.1. The number of urea groups is 1. The van der Waals surface area contributed by atoms with Crippen LogP contribution in [0.1, 0.15) is 10.4 Å². The lowest BCUT2D eigenvalue weighted by Crippen LogP contribution is -2.39. The number of hydrogen-bond acceptors (Lipinski definition) is 7. The van der Waals surface area contributed by atoms with Gasteiger partial charge in [0.25, 0.3) is 5.91 Å². The largest absolute Gasteiger partial charge is 0.331 e. The predicted octanol–water partition coefficient (Wildman–Crippen LogP) is 2.25. The summed E-state index contributed by atoms with van der Waals surface area (Å²) in [7, 11) is 5.00. The van der Waals surface area contributed by atoms with E-state index < -0.39 is 0 Å². The zero-order valence-electron chi connectivity index (χ0n) is 18.4. The molecule has 0 atom stereocenters. The van der Waals surface area contributed by atoms with E-state index in [1.54, 1.807) is 56.7 Å². The topological polar surface area (TPSA) is 138 Å². The van der Waals surface area contributed by atoms with Crippen molar-refractivity contribution in [3.8, 4) is 22.6 Å². The Morgan fingerprint density at radius 2 is 1.94 bits per heavy atom. The molecule has 12 nitrogen and oxygen atoms in total. The summed E-state index contributed by atoms with van der Waals surface area (Å²) in [5.41, 5.74) is 4.85.